The molecule has 0 heterocycles. The minimum Gasteiger partial charge on any atom is -0.349 e. The predicted octanol–water partition coefficient (Wildman–Crippen LogP) is 3.42. The van der Waals surface area contributed by atoms with Gasteiger partial charge in [0, 0.05) is 24.1 Å². The van der Waals surface area contributed by atoms with E-state index in [2.05, 4.69) is 26.6 Å². The molecule has 0 saturated carbocycles. The quantitative estimate of drug-likeness (QED) is 0.684. The molecule has 2 N–H and O–H groups in total. The van der Waals surface area contributed by atoms with Crippen LogP contribution in [0, 0.1) is 6.92 Å². The summed E-state index contributed by atoms with van der Waals surface area (Å²) in [6, 6.07) is 14.4. The lowest BCUT2D eigenvalue weighted by molar-refractivity contribution is -0.134. The van der Waals surface area contributed by atoms with Crippen LogP contribution < -0.4 is 10.6 Å². The average molecular weight is 446 g/mol. The molecule has 6 nitrogen and oxygen atoms in total. The Hall–Kier alpha value is -2.67. The molecule has 2 aromatic carbocycles. The topological polar surface area (TPSA) is 78.5 Å². The standard InChI is InChI=1S/C21H24BrN3O3/c1-14-11-17(22)9-10-18(14)24-20(27)13-25(3)21(28)12-19(23-15(2)26)16-7-5-4-6-8-16/h4-11,19H,12-13H2,1-3H3,(H,23,26)(H,24,27). The van der Waals surface area contributed by atoms with Gasteiger partial charge in [-0.25, -0.2) is 0 Å². The summed E-state index contributed by atoms with van der Waals surface area (Å²) < 4.78 is 0.931. The number of rotatable bonds is 7. The Morgan fingerprint density at radius 3 is 2.39 bits per heavy atom. The molecule has 2 rings (SSSR count). The second kappa shape index (κ2) is 10.0. The minimum atomic E-state index is -0.439. The largest absolute Gasteiger partial charge is 0.349 e. The number of anilines is 1. The van der Waals surface area contributed by atoms with Crippen molar-refractivity contribution in [1.82, 2.24) is 10.2 Å². The van der Waals surface area contributed by atoms with Crippen LogP contribution in [0.1, 0.15) is 30.5 Å². The van der Waals surface area contributed by atoms with E-state index in [0.717, 1.165) is 15.6 Å². The summed E-state index contributed by atoms with van der Waals surface area (Å²) in [5.41, 5.74) is 2.47. The second-order valence-corrected chi connectivity index (χ2v) is 7.54. The van der Waals surface area contributed by atoms with Gasteiger partial charge >= 0.3 is 0 Å². The minimum absolute atomic E-state index is 0.0735. The lowest BCUT2D eigenvalue weighted by atomic mass is 10.0. The summed E-state index contributed by atoms with van der Waals surface area (Å²) in [5.74, 6) is -0.727. The first kappa shape index (κ1) is 21.6. The van der Waals surface area contributed by atoms with Gasteiger partial charge < -0.3 is 15.5 Å². The fourth-order valence-electron chi connectivity index (χ4n) is 2.77. The highest BCUT2D eigenvalue weighted by molar-refractivity contribution is 9.10. The lowest BCUT2D eigenvalue weighted by Crippen LogP contribution is -2.38. The van der Waals surface area contributed by atoms with Crippen molar-refractivity contribution in [3.8, 4) is 0 Å². The Kier molecular flexibility index (Phi) is 7.75. The van der Waals surface area contributed by atoms with E-state index in [1.54, 1.807) is 13.1 Å². The predicted molar refractivity (Wildman–Crippen MR) is 113 cm³/mol. The molecule has 0 spiro atoms. The molecule has 0 aliphatic heterocycles. The molecule has 0 bridgehead atoms. The molecule has 7 heteroatoms. The molecule has 0 saturated heterocycles. The molecule has 28 heavy (non-hydrogen) atoms. The molecule has 1 atom stereocenters. The Labute approximate surface area is 173 Å². The van der Waals surface area contributed by atoms with Gasteiger partial charge in [0.2, 0.25) is 17.7 Å². The van der Waals surface area contributed by atoms with Crippen LogP contribution >= 0.6 is 15.9 Å². The molecule has 0 fully saturated rings. The third-order valence-electron chi connectivity index (χ3n) is 4.23. The summed E-state index contributed by atoms with van der Waals surface area (Å²) in [6.45, 7) is 3.24. The van der Waals surface area contributed by atoms with Crippen molar-refractivity contribution in [2.24, 2.45) is 0 Å². The van der Waals surface area contributed by atoms with Gasteiger partial charge in [0.05, 0.1) is 19.0 Å². The van der Waals surface area contributed by atoms with Crippen molar-refractivity contribution in [2.75, 3.05) is 18.9 Å². The lowest BCUT2D eigenvalue weighted by Gasteiger charge is -2.22. The zero-order valence-corrected chi connectivity index (χ0v) is 17.7. The number of hydrogen-bond donors (Lipinski definition) is 2. The fourth-order valence-corrected chi connectivity index (χ4v) is 3.25. The van der Waals surface area contributed by atoms with E-state index in [0.29, 0.717) is 5.69 Å². The number of carbonyl (C=O) groups is 3. The molecule has 0 aromatic heterocycles. The number of benzene rings is 2. The molecule has 2 aromatic rings. The van der Waals surface area contributed by atoms with E-state index in [9.17, 15) is 14.4 Å². The highest BCUT2D eigenvalue weighted by atomic mass is 79.9. The van der Waals surface area contributed by atoms with Gasteiger partial charge in [-0.05, 0) is 36.2 Å². The molecule has 3 amide bonds. The van der Waals surface area contributed by atoms with Crippen molar-refractivity contribution in [3.63, 3.8) is 0 Å². The molecule has 0 aliphatic carbocycles. The van der Waals surface area contributed by atoms with E-state index in [4.69, 9.17) is 0 Å². The SMILES string of the molecule is CC(=O)NC(CC(=O)N(C)CC(=O)Nc1ccc(Br)cc1C)c1ccccc1. The summed E-state index contributed by atoms with van der Waals surface area (Å²) in [6.07, 6.45) is 0.0741. The molecule has 0 radical (unpaired) electrons. The van der Waals surface area contributed by atoms with Gasteiger partial charge in [-0.1, -0.05) is 46.3 Å². The number of aryl methyl sites for hydroxylation is 1. The summed E-state index contributed by atoms with van der Waals surface area (Å²) in [7, 11) is 1.58. The summed E-state index contributed by atoms with van der Waals surface area (Å²) >= 11 is 3.39. The van der Waals surface area contributed by atoms with Crippen LogP contribution in [0.3, 0.4) is 0 Å². The number of carbonyl (C=O) groups excluding carboxylic acids is 3. The Morgan fingerprint density at radius 1 is 1.11 bits per heavy atom. The third-order valence-corrected chi connectivity index (χ3v) is 4.72. The zero-order chi connectivity index (χ0) is 20.7. The zero-order valence-electron chi connectivity index (χ0n) is 16.2. The molecule has 148 valence electrons. The molecular formula is C21H24BrN3O3. The first-order valence-electron chi connectivity index (χ1n) is 8.88. The van der Waals surface area contributed by atoms with E-state index in [1.165, 1.54) is 11.8 Å². The van der Waals surface area contributed by atoms with Crippen LogP contribution in [-0.2, 0) is 14.4 Å². The molecule has 1 unspecified atom stereocenters. The number of nitrogens with one attached hydrogen (secondary N) is 2. The number of nitrogens with zero attached hydrogens (tertiary/aromatic N) is 1. The summed E-state index contributed by atoms with van der Waals surface area (Å²) in [5, 5.41) is 5.61. The van der Waals surface area contributed by atoms with Crippen molar-refractivity contribution in [1.29, 1.82) is 0 Å². The van der Waals surface area contributed by atoms with Gasteiger partial charge in [0.15, 0.2) is 0 Å². The highest BCUT2D eigenvalue weighted by Crippen LogP contribution is 2.20. The molecule has 0 aliphatic rings. The van der Waals surface area contributed by atoms with E-state index < -0.39 is 6.04 Å². The van der Waals surface area contributed by atoms with E-state index >= 15 is 0 Å². The Morgan fingerprint density at radius 2 is 1.79 bits per heavy atom. The number of hydrogen-bond acceptors (Lipinski definition) is 3. The van der Waals surface area contributed by atoms with Crippen LogP contribution in [0.2, 0.25) is 0 Å². The maximum absolute atomic E-state index is 12.6. The fraction of sp³-hybridized carbons (Fsp3) is 0.286. The van der Waals surface area contributed by atoms with Gasteiger partial charge in [-0.15, -0.1) is 0 Å². The van der Waals surface area contributed by atoms with Crippen LogP contribution in [0.25, 0.3) is 0 Å². The van der Waals surface area contributed by atoms with Crippen LogP contribution in [0.4, 0.5) is 5.69 Å². The first-order chi connectivity index (χ1) is 13.3. The summed E-state index contributed by atoms with van der Waals surface area (Å²) in [4.78, 5) is 37.8. The number of halogens is 1. The van der Waals surface area contributed by atoms with Crippen molar-refractivity contribution >= 4 is 39.3 Å². The monoisotopic (exact) mass is 445 g/mol. The highest BCUT2D eigenvalue weighted by Gasteiger charge is 2.21. The van der Waals surface area contributed by atoms with Crippen LogP contribution in [0.15, 0.2) is 53.0 Å². The maximum atomic E-state index is 12.6. The van der Waals surface area contributed by atoms with Crippen LogP contribution in [0.5, 0.6) is 0 Å². The van der Waals surface area contributed by atoms with Crippen molar-refractivity contribution in [3.05, 3.63) is 64.1 Å². The van der Waals surface area contributed by atoms with Crippen molar-refractivity contribution in [2.45, 2.75) is 26.3 Å². The molecular weight excluding hydrogens is 422 g/mol. The smallest absolute Gasteiger partial charge is 0.243 e. The van der Waals surface area contributed by atoms with Gasteiger partial charge in [-0.3, -0.25) is 14.4 Å². The first-order valence-corrected chi connectivity index (χ1v) is 9.67. The van der Waals surface area contributed by atoms with Crippen LogP contribution in [-0.4, -0.2) is 36.2 Å². The second-order valence-electron chi connectivity index (χ2n) is 6.63. The van der Waals surface area contributed by atoms with E-state index in [1.807, 2.05) is 49.4 Å². The maximum Gasteiger partial charge on any atom is 0.243 e. The average Bonchev–Trinajstić information content (AvgIpc) is 2.63. The van der Waals surface area contributed by atoms with Gasteiger partial charge in [-0.2, -0.15) is 0 Å². The van der Waals surface area contributed by atoms with Gasteiger partial charge in [0.1, 0.15) is 0 Å². The Balaban J connectivity index is 1.98. The third kappa shape index (κ3) is 6.49. The number of amides is 3. The Bertz CT molecular complexity index is 855. The van der Waals surface area contributed by atoms with E-state index in [-0.39, 0.29) is 30.7 Å². The van der Waals surface area contributed by atoms with Crippen molar-refractivity contribution < 1.29 is 14.4 Å². The van der Waals surface area contributed by atoms with Gasteiger partial charge in [0.25, 0.3) is 0 Å². The normalized spacial score (nSPS) is 11.4. The number of likely N-dealkylation sites (N-methyl/N-ethyl adjacent to an activating group) is 1.